The number of carbonyl (C=O) groups excluding carboxylic acids is 2. The third kappa shape index (κ3) is 3.63. The van der Waals surface area contributed by atoms with Crippen LogP contribution in [-0.2, 0) is 14.3 Å². The van der Waals surface area contributed by atoms with E-state index in [0.29, 0.717) is 12.5 Å². The molecule has 0 unspecified atom stereocenters. The van der Waals surface area contributed by atoms with Crippen LogP contribution in [0.25, 0.3) is 0 Å². The maximum atomic E-state index is 13.5. The van der Waals surface area contributed by atoms with Crippen molar-refractivity contribution < 1.29 is 14.3 Å². The van der Waals surface area contributed by atoms with E-state index < -0.39 is 6.04 Å². The number of amides is 1. The van der Waals surface area contributed by atoms with Crippen LogP contribution in [0.4, 0.5) is 5.13 Å². The molecule has 1 saturated carbocycles. The van der Waals surface area contributed by atoms with Gasteiger partial charge < -0.3 is 15.0 Å². The summed E-state index contributed by atoms with van der Waals surface area (Å²) in [5.41, 5.74) is 0.732. The second-order valence-electron chi connectivity index (χ2n) is 9.53. The first-order valence-electron chi connectivity index (χ1n) is 9.49. The Morgan fingerprint density at radius 3 is 2.63 bits per heavy atom. The number of piperidine rings is 1. The lowest BCUT2D eigenvalue weighted by Gasteiger charge is -2.37. The number of rotatable bonds is 6. The quantitative estimate of drug-likeness (QED) is 0.804. The molecule has 1 aliphatic heterocycles. The van der Waals surface area contributed by atoms with Gasteiger partial charge in [-0.1, -0.05) is 34.6 Å². The number of Topliss-reactive ketones (excluding diaryl/α,β-unsaturated/α-hetero) is 1. The predicted octanol–water partition coefficient (Wildman–Crippen LogP) is 2.98. The Morgan fingerprint density at radius 1 is 1.44 bits per heavy atom. The summed E-state index contributed by atoms with van der Waals surface area (Å²) in [6.45, 7) is 13.1. The zero-order valence-corrected chi connectivity index (χ0v) is 18.1. The van der Waals surface area contributed by atoms with Crippen LogP contribution in [-0.4, -0.2) is 53.9 Å². The van der Waals surface area contributed by atoms with Gasteiger partial charge in [0.05, 0.1) is 11.7 Å². The Labute approximate surface area is 165 Å². The number of methoxy groups -OCH3 is 1. The van der Waals surface area contributed by atoms with E-state index in [1.807, 2.05) is 33.1 Å². The molecule has 0 radical (unpaired) electrons. The number of nitrogens with one attached hydrogen (secondary N) is 1. The van der Waals surface area contributed by atoms with Crippen LogP contribution < -0.4 is 5.32 Å². The maximum absolute atomic E-state index is 13.5. The predicted molar refractivity (Wildman–Crippen MR) is 107 cm³/mol. The molecule has 2 fully saturated rings. The van der Waals surface area contributed by atoms with Crippen molar-refractivity contribution in [2.75, 3.05) is 25.6 Å². The minimum absolute atomic E-state index is 0.00155. The molecular formula is C20H31N3O3S. The van der Waals surface area contributed by atoms with E-state index >= 15 is 0 Å². The fraction of sp³-hybridized carbons (Fsp3) is 0.750. The number of carbonyl (C=O) groups is 2. The largest absolute Gasteiger partial charge is 0.377 e. The second kappa shape index (κ2) is 6.85. The molecule has 0 bridgehead atoms. The summed E-state index contributed by atoms with van der Waals surface area (Å²) in [6, 6.07) is -0.830. The van der Waals surface area contributed by atoms with Gasteiger partial charge in [0.1, 0.15) is 12.6 Å². The van der Waals surface area contributed by atoms with Gasteiger partial charge in [0, 0.05) is 19.0 Å². The number of ketones is 1. The van der Waals surface area contributed by atoms with Crippen molar-refractivity contribution in [2.45, 2.75) is 53.6 Å². The highest BCUT2D eigenvalue weighted by atomic mass is 32.1. The zero-order valence-electron chi connectivity index (χ0n) is 17.3. The highest BCUT2D eigenvalue weighted by molar-refractivity contribution is 7.13. The van der Waals surface area contributed by atoms with Crippen molar-refractivity contribution in [3.8, 4) is 0 Å². The molecule has 150 valence electrons. The van der Waals surface area contributed by atoms with E-state index in [-0.39, 0.29) is 41.1 Å². The Bertz CT molecular complexity index is 737. The van der Waals surface area contributed by atoms with Crippen LogP contribution in [0, 0.1) is 29.6 Å². The smallest absolute Gasteiger partial charge is 0.246 e. The number of ether oxygens (including phenoxy) is 1. The lowest BCUT2D eigenvalue weighted by atomic mass is 9.85. The van der Waals surface area contributed by atoms with E-state index in [9.17, 15) is 9.59 Å². The second-order valence-corrected chi connectivity index (χ2v) is 10.4. The average molecular weight is 394 g/mol. The summed E-state index contributed by atoms with van der Waals surface area (Å²) in [5.74, 6) is 0.594. The molecule has 0 aromatic carbocycles. The summed E-state index contributed by atoms with van der Waals surface area (Å²) < 4.78 is 5.09. The third-order valence-electron chi connectivity index (χ3n) is 6.11. The van der Waals surface area contributed by atoms with Gasteiger partial charge in [0.15, 0.2) is 10.9 Å². The summed E-state index contributed by atoms with van der Waals surface area (Å²) in [4.78, 5) is 32.6. The standard InChI is InChI=1S/C20H31N3O3S/c1-11-10-27-18(21-11)22-16(19(2,3)4)17(25)23-8-12-14(20(12,5)6)15(23)13(24)9-26-7/h10,12,14-16H,8-9H2,1-7H3,(H,21,22)/t12-,14-,15+,16+/m0/s1. The molecule has 1 amide bonds. The Hall–Kier alpha value is -1.47. The fourth-order valence-electron chi connectivity index (χ4n) is 4.47. The van der Waals surface area contributed by atoms with E-state index in [1.54, 1.807) is 4.90 Å². The summed E-state index contributed by atoms with van der Waals surface area (Å²) in [7, 11) is 1.53. The molecule has 1 aromatic heterocycles. The van der Waals surface area contributed by atoms with Crippen LogP contribution >= 0.6 is 11.3 Å². The normalized spacial score (nSPS) is 27.2. The van der Waals surface area contributed by atoms with Gasteiger partial charge in [-0.3, -0.25) is 9.59 Å². The van der Waals surface area contributed by atoms with Crippen molar-refractivity contribution in [3.63, 3.8) is 0 Å². The number of aryl methyl sites for hydroxylation is 1. The van der Waals surface area contributed by atoms with Crippen molar-refractivity contribution in [1.82, 2.24) is 9.88 Å². The van der Waals surface area contributed by atoms with Crippen LogP contribution in [0.5, 0.6) is 0 Å². The van der Waals surface area contributed by atoms with Crippen LogP contribution in [0.3, 0.4) is 0 Å². The monoisotopic (exact) mass is 393 g/mol. The van der Waals surface area contributed by atoms with E-state index in [0.717, 1.165) is 10.8 Å². The van der Waals surface area contributed by atoms with Gasteiger partial charge in [0.2, 0.25) is 5.91 Å². The van der Waals surface area contributed by atoms with Gasteiger partial charge in [-0.25, -0.2) is 4.98 Å². The lowest BCUT2D eigenvalue weighted by molar-refractivity contribution is -0.143. The minimum Gasteiger partial charge on any atom is -0.377 e. The van der Waals surface area contributed by atoms with Gasteiger partial charge in [-0.2, -0.15) is 0 Å². The number of hydrogen-bond donors (Lipinski definition) is 1. The molecule has 2 heterocycles. The maximum Gasteiger partial charge on any atom is 0.246 e. The Kier molecular flexibility index (Phi) is 5.14. The summed E-state index contributed by atoms with van der Waals surface area (Å²) in [6.07, 6.45) is 0. The zero-order chi connectivity index (χ0) is 20.1. The number of aromatic nitrogens is 1. The summed E-state index contributed by atoms with van der Waals surface area (Å²) in [5, 5.41) is 6.04. The molecule has 6 nitrogen and oxygen atoms in total. The molecule has 7 heteroatoms. The van der Waals surface area contributed by atoms with Crippen LogP contribution in [0.15, 0.2) is 5.38 Å². The van der Waals surface area contributed by atoms with E-state index in [2.05, 4.69) is 24.1 Å². The molecule has 3 rings (SSSR count). The number of nitrogens with zero attached hydrogens (tertiary/aromatic N) is 2. The summed E-state index contributed by atoms with van der Waals surface area (Å²) >= 11 is 1.50. The highest BCUT2D eigenvalue weighted by Crippen LogP contribution is 2.65. The molecule has 1 aromatic rings. The molecule has 0 spiro atoms. The van der Waals surface area contributed by atoms with Crippen molar-refractivity contribution >= 4 is 28.2 Å². The molecule has 4 atom stereocenters. The van der Waals surface area contributed by atoms with Gasteiger partial charge in [0.25, 0.3) is 0 Å². The SMILES string of the molecule is COCC(=O)[C@@H]1[C@@H]2[C@H](CN1C(=O)[C@@H](Nc1nc(C)cs1)C(C)(C)C)C2(C)C. The fourth-order valence-corrected chi connectivity index (χ4v) is 5.19. The number of fused-ring (bicyclic) bond motifs is 1. The van der Waals surface area contributed by atoms with Crippen molar-refractivity contribution in [2.24, 2.45) is 22.7 Å². The molecule has 2 aliphatic rings. The molecule has 1 N–H and O–H groups in total. The van der Waals surface area contributed by atoms with Gasteiger partial charge in [-0.05, 0) is 29.6 Å². The first kappa shape index (κ1) is 20.3. The topological polar surface area (TPSA) is 71.5 Å². The van der Waals surface area contributed by atoms with Crippen LogP contribution in [0.2, 0.25) is 0 Å². The van der Waals surface area contributed by atoms with Crippen molar-refractivity contribution in [3.05, 3.63) is 11.1 Å². The lowest BCUT2D eigenvalue weighted by Crippen LogP contribution is -2.55. The molecule has 1 aliphatic carbocycles. The van der Waals surface area contributed by atoms with Gasteiger partial charge in [-0.15, -0.1) is 11.3 Å². The van der Waals surface area contributed by atoms with Gasteiger partial charge >= 0.3 is 0 Å². The first-order chi connectivity index (χ1) is 12.5. The number of hydrogen-bond acceptors (Lipinski definition) is 6. The minimum atomic E-state index is -0.443. The van der Waals surface area contributed by atoms with Crippen molar-refractivity contribution in [1.29, 1.82) is 0 Å². The average Bonchev–Trinajstić information content (AvgIpc) is 2.94. The third-order valence-corrected chi connectivity index (χ3v) is 7.00. The molecule has 27 heavy (non-hydrogen) atoms. The van der Waals surface area contributed by atoms with Crippen LogP contribution in [0.1, 0.15) is 40.3 Å². The molecular weight excluding hydrogens is 362 g/mol. The number of likely N-dealkylation sites (tertiary alicyclic amines) is 1. The number of thiazole rings is 1. The number of anilines is 1. The van der Waals surface area contributed by atoms with E-state index in [4.69, 9.17) is 4.74 Å². The Balaban J connectivity index is 1.85. The molecule has 1 saturated heterocycles. The van der Waals surface area contributed by atoms with E-state index in [1.165, 1.54) is 18.4 Å². The Morgan fingerprint density at radius 2 is 2.11 bits per heavy atom. The first-order valence-corrected chi connectivity index (χ1v) is 10.4. The highest BCUT2D eigenvalue weighted by Gasteiger charge is 2.69.